The van der Waals surface area contributed by atoms with Gasteiger partial charge in [0, 0.05) is 33.4 Å². The molecule has 0 fully saturated rings. The van der Waals surface area contributed by atoms with Crippen LogP contribution in [0.5, 0.6) is 0 Å². The molecule has 0 heterocycles. The van der Waals surface area contributed by atoms with E-state index in [4.69, 9.17) is 14.7 Å². The minimum absolute atomic E-state index is 0.0427. The Kier molecular flexibility index (Phi) is 8.30. The van der Waals surface area contributed by atoms with E-state index in [1.807, 2.05) is 6.92 Å². The lowest BCUT2D eigenvalue weighted by Gasteiger charge is -2.29. The Hall–Kier alpha value is -0.630. The Labute approximate surface area is 92.8 Å². The van der Waals surface area contributed by atoms with Crippen molar-refractivity contribution in [1.82, 2.24) is 4.90 Å². The number of ether oxygens (including phenoxy) is 2. The monoisotopic (exact) mass is 214 g/mol. The summed E-state index contributed by atoms with van der Waals surface area (Å²) < 4.78 is 10.2. The van der Waals surface area contributed by atoms with Gasteiger partial charge in [0.1, 0.15) is 0 Å². The zero-order valence-electron chi connectivity index (χ0n) is 10.2. The van der Waals surface area contributed by atoms with Crippen molar-refractivity contribution < 1.29 is 9.47 Å². The van der Waals surface area contributed by atoms with Gasteiger partial charge >= 0.3 is 0 Å². The second-order valence-electron chi connectivity index (χ2n) is 3.82. The van der Waals surface area contributed by atoms with E-state index in [0.29, 0.717) is 19.3 Å². The van der Waals surface area contributed by atoms with Crippen molar-refractivity contribution in [3.8, 4) is 6.07 Å². The largest absolute Gasteiger partial charge is 0.383 e. The van der Waals surface area contributed by atoms with Crippen LogP contribution in [-0.2, 0) is 9.47 Å². The fraction of sp³-hybridized carbons (Fsp3) is 0.909. The van der Waals surface area contributed by atoms with Gasteiger partial charge in [0.25, 0.3) is 0 Å². The number of methoxy groups -OCH3 is 2. The molecule has 0 radical (unpaired) electrons. The quantitative estimate of drug-likeness (QED) is 0.607. The summed E-state index contributed by atoms with van der Waals surface area (Å²) in [6.45, 7) is 7.01. The molecule has 0 aliphatic heterocycles. The van der Waals surface area contributed by atoms with Crippen molar-refractivity contribution in [3.05, 3.63) is 0 Å². The molecule has 0 aromatic rings. The highest BCUT2D eigenvalue weighted by molar-refractivity contribution is 4.83. The molecular weight excluding hydrogens is 192 g/mol. The normalized spacial score (nSPS) is 14.9. The smallest absolute Gasteiger partial charge is 0.0666 e. The first-order valence-corrected chi connectivity index (χ1v) is 5.27. The second kappa shape index (κ2) is 8.66. The van der Waals surface area contributed by atoms with Crippen LogP contribution in [0.1, 0.15) is 13.8 Å². The molecule has 88 valence electrons. The highest BCUT2D eigenvalue weighted by Gasteiger charge is 2.15. The number of nitrogens with zero attached hydrogens (tertiary/aromatic N) is 2. The van der Waals surface area contributed by atoms with Crippen LogP contribution in [0.4, 0.5) is 0 Å². The van der Waals surface area contributed by atoms with E-state index in [2.05, 4.69) is 17.9 Å². The minimum atomic E-state index is 0.0427. The maximum absolute atomic E-state index is 8.78. The summed E-state index contributed by atoms with van der Waals surface area (Å²) in [7, 11) is 3.38. The lowest BCUT2D eigenvalue weighted by molar-refractivity contribution is 0.0706. The Bertz CT molecular complexity index is 192. The molecule has 4 heteroatoms. The van der Waals surface area contributed by atoms with Gasteiger partial charge in [-0.05, 0) is 13.8 Å². The first-order chi connectivity index (χ1) is 7.15. The van der Waals surface area contributed by atoms with Gasteiger partial charge in [-0.15, -0.1) is 0 Å². The zero-order valence-corrected chi connectivity index (χ0v) is 10.2. The summed E-state index contributed by atoms with van der Waals surface area (Å²) >= 11 is 0. The molecule has 0 aromatic heterocycles. The van der Waals surface area contributed by atoms with Crippen molar-refractivity contribution in [2.45, 2.75) is 19.9 Å². The van der Waals surface area contributed by atoms with Crippen molar-refractivity contribution >= 4 is 0 Å². The molecule has 0 aliphatic carbocycles. The van der Waals surface area contributed by atoms with Crippen LogP contribution in [0.3, 0.4) is 0 Å². The Balaban J connectivity index is 4.11. The SMILES string of the molecule is COCCN(CC(C)C#N)C(C)COC. The number of nitriles is 1. The van der Waals surface area contributed by atoms with Gasteiger partial charge in [-0.1, -0.05) is 0 Å². The minimum Gasteiger partial charge on any atom is -0.383 e. The van der Waals surface area contributed by atoms with Gasteiger partial charge in [-0.3, -0.25) is 4.90 Å². The summed E-state index contributed by atoms with van der Waals surface area (Å²) in [5, 5.41) is 8.78. The van der Waals surface area contributed by atoms with Crippen molar-refractivity contribution in [3.63, 3.8) is 0 Å². The van der Waals surface area contributed by atoms with Crippen molar-refractivity contribution in [1.29, 1.82) is 5.26 Å². The van der Waals surface area contributed by atoms with Gasteiger partial charge in [-0.2, -0.15) is 5.26 Å². The van der Waals surface area contributed by atoms with E-state index in [9.17, 15) is 0 Å². The molecular formula is C11H22N2O2. The summed E-state index contributed by atoms with van der Waals surface area (Å²) in [6, 6.07) is 2.57. The van der Waals surface area contributed by atoms with E-state index in [1.165, 1.54) is 0 Å². The Morgan fingerprint density at radius 3 is 2.40 bits per heavy atom. The third-order valence-corrected chi connectivity index (χ3v) is 2.34. The highest BCUT2D eigenvalue weighted by atomic mass is 16.5. The number of hydrogen-bond donors (Lipinski definition) is 0. The number of hydrogen-bond acceptors (Lipinski definition) is 4. The second-order valence-corrected chi connectivity index (χ2v) is 3.82. The van der Waals surface area contributed by atoms with Gasteiger partial charge in [-0.25, -0.2) is 0 Å². The lowest BCUT2D eigenvalue weighted by Crippen LogP contribution is -2.40. The third kappa shape index (κ3) is 6.45. The van der Waals surface area contributed by atoms with Crippen LogP contribution in [0.25, 0.3) is 0 Å². The van der Waals surface area contributed by atoms with Gasteiger partial charge in [0.2, 0.25) is 0 Å². The summed E-state index contributed by atoms with van der Waals surface area (Å²) in [5.41, 5.74) is 0. The lowest BCUT2D eigenvalue weighted by atomic mass is 10.1. The third-order valence-electron chi connectivity index (χ3n) is 2.34. The predicted octanol–water partition coefficient (Wildman–Crippen LogP) is 1.13. The van der Waals surface area contributed by atoms with E-state index in [-0.39, 0.29) is 5.92 Å². The molecule has 0 saturated carbocycles. The van der Waals surface area contributed by atoms with Gasteiger partial charge < -0.3 is 9.47 Å². The van der Waals surface area contributed by atoms with Crippen LogP contribution >= 0.6 is 0 Å². The average Bonchev–Trinajstić information content (AvgIpc) is 2.24. The molecule has 2 atom stereocenters. The van der Waals surface area contributed by atoms with Gasteiger partial charge in [0.05, 0.1) is 25.2 Å². The summed E-state index contributed by atoms with van der Waals surface area (Å²) in [5.74, 6) is 0.0427. The maximum atomic E-state index is 8.78. The molecule has 0 aromatic carbocycles. The molecule has 0 rings (SSSR count). The molecule has 15 heavy (non-hydrogen) atoms. The van der Waals surface area contributed by atoms with Crippen LogP contribution in [0.15, 0.2) is 0 Å². The predicted molar refractivity (Wildman–Crippen MR) is 59.6 cm³/mol. The standard InChI is InChI=1S/C11H22N2O2/c1-10(7-12)8-13(5-6-14-3)11(2)9-15-4/h10-11H,5-6,8-9H2,1-4H3. The molecule has 0 amide bonds. The van der Waals surface area contributed by atoms with Crippen LogP contribution in [0.2, 0.25) is 0 Å². The van der Waals surface area contributed by atoms with E-state index in [0.717, 1.165) is 13.1 Å². The van der Waals surface area contributed by atoms with Crippen LogP contribution < -0.4 is 0 Å². The first kappa shape index (κ1) is 14.4. The Morgan fingerprint density at radius 1 is 1.27 bits per heavy atom. The number of rotatable bonds is 8. The molecule has 0 saturated heterocycles. The van der Waals surface area contributed by atoms with Crippen molar-refractivity contribution in [2.75, 3.05) is 40.5 Å². The maximum Gasteiger partial charge on any atom is 0.0666 e. The van der Waals surface area contributed by atoms with E-state index >= 15 is 0 Å². The first-order valence-electron chi connectivity index (χ1n) is 5.27. The molecule has 0 aliphatic rings. The summed E-state index contributed by atoms with van der Waals surface area (Å²) in [6.07, 6.45) is 0. The van der Waals surface area contributed by atoms with E-state index < -0.39 is 0 Å². The summed E-state index contributed by atoms with van der Waals surface area (Å²) in [4.78, 5) is 2.22. The van der Waals surface area contributed by atoms with E-state index in [1.54, 1.807) is 14.2 Å². The highest BCUT2D eigenvalue weighted by Crippen LogP contribution is 2.04. The fourth-order valence-corrected chi connectivity index (χ4v) is 1.44. The topological polar surface area (TPSA) is 45.5 Å². The van der Waals surface area contributed by atoms with Gasteiger partial charge in [0.15, 0.2) is 0 Å². The molecule has 0 bridgehead atoms. The molecule has 0 spiro atoms. The molecule has 4 nitrogen and oxygen atoms in total. The Morgan fingerprint density at radius 2 is 1.93 bits per heavy atom. The van der Waals surface area contributed by atoms with Crippen LogP contribution in [-0.4, -0.2) is 51.5 Å². The molecule has 2 unspecified atom stereocenters. The zero-order chi connectivity index (χ0) is 11.7. The fourth-order valence-electron chi connectivity index (χ4n) is 1.44. The van der Waals surface area contributed by atoms with Crippen LogP contribution in [0, 0.1) is 17.2 Å². The van der Waals surface area contributed by atoms with Crippen molar-refractivity contribution in [2.24, 2.45) is 5.92 Å². The average molecular weight is 214 g/mol. The molecule has 0 N–H and O–H groups in total.